The van der Waals surface area contributed by atoms with Gasteiger partial charge in [-0.1, -0.05) is 18.2 Å². The summed E-state index contributed by atoms with van der Waals surface area (Å²) < 4.78 is 0. The number of carbonyl (C=O) groups is 1. The highest BCUT2D eigenvalue weighted by Gasteiger charge is 2.66. The van der Waals surface area contributed by atoms with Gasteiger partial charge in [-0.3, -0.25) is 4.79 Å². The van der Waals surface area contributed by atoms with Gasteiger partial charge in [0.2, 0.25) is 5.95 Å². The predicted molar refractivity (Wildman–Crippen MR) is 106 cm³/mol. The molecule has 0 aromatic carbocycles. The number of rotatable bonds is 1. The van der Waals surface area contributed by atoms with Crippen LogP contribution in [0, 0.1) is 29.1 Å². The first kappa shape index (κ1) is 15.7. The quantitative estimate of drug-likeness (QED) is 0.752. The summed E-state index contributed by atoms with van der Waals surface area (Å²) in [5.74, 6) is 4.23. The minimum Gasteiger partial charge on any atom is -0.319 e. The lowest BCUT2D eigenvalue weighted by Crippen LogP contribution is -2.69. The summed E-state index contributed by atoms with van der Waals surface area (Å²) in [4.78, 5) is 24.6. The average Bonchev–Trinajstić information content (AvgIpc) is 3.19. The fraction of sp³-hybridized carbons (Fsp3) is 0.542. The summed E-state index contributed by atoms with van der Waals surface area (Å²) in [6.07, 6.45) is 20.2. The Balaban J connectivity index is 1.49. The number of hydrogen-bond donors (Lipinski definition) is 0. The van der Waals surface area contributed by atoms with Crippen molar-refractivity contribution in [1.29, 1.82) is 0 Å². The number of fused-ring (bicyclic) bond motifs is 3. The number of hydrogen-bond acceptors (Lipinski definition) is 4. The van der Waals surface area contributed by atoms with Gasteiger partial charge in [0, 0.05) is 17.8 Å². The van der Waals surface area contributed by atoms with E-state index in [0.717, 1.165) is 36.0 Å². The maximum atomic E-state index is 13.1. The topological polar surface area (TPSA) is 46.1 Å². The molecule has 2 aliphatic heterocycles. The second-order valence-electron chi connectivity index (χ2n) is 9.85. The second-order valence-corrected chi connectivity index (χ2v) is 9.85. The van der Waals surface area contributed by atoms with Crippen LogP contribution in [0.4, 0.5) is 5.95 Å². The fourth-order valence-electron chi connectivity index (χ4n) is 8.31. The lowest BCUT2D eigenvalue weighted by molar-refractivity contribution is -0.119. The molecule has 1 aromatic heterocycles. The Morgan fingerprint density at radius 1 is 0.964 bits per heavy atom. The molecule has 4 nitrogen and oxygen atoms in total. The molecule has 2 atom stereocenters. The number of allylic oxidation sites excluding steroid dienone is 2. The average molecular weight is 371 g/mol. The van der Waals surface area contributed by atoms with Gasteiger partial charge in [-0.25, -0.2) is 9.97 Å². The van der Waals surface area contributed by atoms with Crippen molar-refractivity contribution in [3.05, 3.63) is 53.9 Å². The molecule has 4 heteroatoms. The number of aromatic nitrogens is 2. The molecule has 6 bridgehead atoms. The van der Waals surface area contributed by atoms with Crippen LogP contribution in [0.25, 0.3) is 0 Å². The van der Waals surface area contributed by atoms with Crippen LogP contribution in [0.2, 0.25) is 0 Å². The maximum absolute atomic E-state index is 13.1. The molecule has 28 heavy (non-hydrogen) atoms. The van der Waals surface area contributed by atoms with E-state index in [1.807, 2.05) is 24.5 Å². The Bertz CT molecular complexity index is 931. The molecule has 0 N–H and O–H groups in total. The molecule has 0 unspecified atom stereocenters. The van der Waals surface area contributed by atoms with Crippen LogP contribution in [0.1, 0.15) is 38.5 Å². The highest BCUT2D eigenvalue weighted by Crippen LogP contribution is 2.69. The number of ketones is 1. The van der Waals surface area contributed by atoms with E-state index in [1.165, 1.54) is 43.3 Å². The molecule has 4 fully saturated rings. The van der Waals surface area contributed by atoms with Crippen molar-refractivity contribution in [3.8, 4) is 0 Å². The van der Waals surface area contributed by atoms with Gasteiger partial charge in [0.1, 0.15) is 6.04 Å². The lowest BCUT2D eigenvalue weighted by Gasteiger charge is -2.67. The van der Waals surface area contributed by atoms with Crippen LogP contribution >= 0.6 is 0 Å². The van der Waals surface area contributed by atoms with Gasteiger partial charge in [0.05, 0.1) is 6.04 Å². The molecule has 142 valence electrons. The van der Waals surface area contributed by atoms with Crippen molar-refractivity contribution >= 4 is 11.7 Å². The third-order valence-corrected chi connectivity index (χ3v) is 8.82. The molecule has 0 saturated heterocycles. The van der Waals surface area contributed by atoms with E-state index >= 15 is 0 Å². The smallest absolute Gasteiger partial charge is 0.226 e. The van der Waals surface area contributed by atoms with Crippen LogP contribution in [-0.2, 0) is 4.79 Å². The highest BCUT2D eigenvalue weighted by molar-refractivity contribution is 6.01. The fourth-order valence-corrected chi connectivity index (χ4v) is 8.31. The molecule has 1 spiro atoms. The van der Waals surface area contributed by atoms with Crippen LogP contribution in [0.15, 0.2) is 53.9 Å². The monoisotopic (exact) mass is 371 g/mol. The van der Waals surface area contributed by atoms with Crippen molar-refractivity contribution in [2.45, 2.75) is 50.6 Å². The van der Waals surface area contributed by atoms with Gasteiger partial charge in [0.25, 0.3) is 0 Å². The molecule has 4 saturated carbocycles. The van der Waals surface area contributed by atoms with Crippen LogP contribution < -0.4 is 4.90 Å². The van der Waals surface area contributed by atoms with Gasteiger partial charge in [-0.05, 0) is 85.5 Å². The van der Waals surface area contributed by atoms with Gasteiger partial charge in [0.15, 0.2) is 5.78 Å². The van der Waals surface area contributed by atoms with E-state index in [9.17, 15) is 4.79 Å². The Labute approximate surface area is 165 Å². The van der Waals surface area contributed by atoms with Crippen LogP contribution in [0.5, 0.6) is 0 Å². The Morgan fingerprint density at radius 2 is 1.68 bits per heavy atom. The van der Waals surface area contributed by atoms with E-state index < -0.39 is 0 Å². The molecular weight excluding hydrogens is 346 g/mol. The van der Waals surface area contributed by atoms with Crippen molar-refractivity contribution in [2.75, 3.05) is 4.90 Å². The summed E-state index contributed by atoms with van der Waals surface area (Å²) in [7, 11) is 0. The molecule has 7 aliphatic rings. The minimum atomic E-state index is -0.217. The SMILES string of the molecule is O=C1C=C[C@H]2N(c3ncccn3)[C@@H]1C1=C(C=CC1)C21C2CC3CC(C2)CC1C3. The summed E-state index contributed by atoms with van der Waals surface area (Å²) in [5, 5.41) is 0. The van der Waals surface area contributed by atoms with Crippen molar-refractivity contribution < 1.29 is 4.79 Å². The zero-order valence-electron chi connectivity index (χ0n) is 16.0. The van der Waals surface area contributed by atoms with E-state index in [1.54, 1.807) is 0 Å². The first-order chi connectivity index (χ1) is 13.8. The predicted octanol–water partition coefficient (Wildman–Crippen LogP) is 3.87. The second kappa shape index (κ2) is 5.22. The summed E-state index contributed by atoms with van der Waals surface area (Å²) in [6.45, 7) is 0. The zero-order valence-corrected chi connectivity index (χ0v) is 16.0. The first-order valence-electron chi connectivity index (χ1n) is 10.9. The van der Waals surface area contributed by atoms with Crippen LogP contribution in [-0.4, -0.2) is 27.8 Å². The largest absolute Gasteiger partial charge is 0.319 e. The normalized spacial score (nSPS) is 44.7. The van der Waals surface area contributed by atoms with Crippen LogP contribution in [0.3, 0.4) is 0 Å². The first-order valence-corrected chi connectivity index (χ1v) is 10.9. The Hall–Kier alpha value is -2.23. The molecule has 0 amide bonds. The van der Waals surface area contributed by atoms with E-state index in [2.05, 4.69) is 33.1 Å². The van der Waals surface area contributed by atoms with E-state index in [4.69, 9.17) is 0 Å². The zero-order chi connectivity index (χ0) is 18.5. The molecular formula is C24H25N3O. The van der Waals surface area contributed by atoms with Crippen molar-refractivity contribution in [2.24, 2.45) is 29.1 Å². The van der Waals surface area contributed by atoms with Gasteiger partial charge in [-0.15, -0.1) is 0 Å². The molecule has 5 aliphatic carbocycles. The molecule has 3 heterocycles. The Kier molecular flexibility index (Phi) is 2.92. The third kappa shape index (κ3) is 1.72. The lowest BCUT2D eigenvalue weighted by atomic mass is 9.40. The van der Waals surface area contributed by atoms with Gasteiger partial charge in [-0.2, -0.15) is 0 Å². The number of anilines is 1. The molecule has 8 rings (SSSR count). The number of nitrogens with zero attached hydrogens (tertiary/aromatic N) is 3. The van der Waals surface area contributed by atoms with Crippen molar-refractivity contribution in [3.63, 3.8) is 0 Å². The summed E-state index contributed by atoms with van der Waals surface area (Å²) in [6, 6.07) is 1.85. The minimum absolute atomic E-state index is 0.142. The highest BCUT2D eigenvalue weighted by atomic mass is 16.1. The summed E-state index contributed by atoms with van der Waals surface area (Å²) in [5.41, 5.74) is 3.01. The van der Waals surface area contributed by atoms with Gasteiger partial charge < -0.3 is 4.90 Å². The van der Waals surface area contributed by atoms with Crippen molar-refractivity contribution in [1.82, 2.24) is 9.97 Å². The standard InChI is InChI=1S/C24H25N3O/c28-20-5-6-21-24(16-10-14-9-15(12-16)13-17(24)11-14)19-4-1-3-18(19)22(20)27(21)23-25-7-2-8-26-23/h1-2,4-8,14-17,21-22H,3,9-13H2/t14?,15?,16?,17?,21-,22-,24?/m1/s1. The summed E-state index contributed by atoms with van der Waals surface area (Å²) >= 11 is 0. The Morgan fingerprint density at radius 3 is 2.39 bits per heavy atom. The molecule has 1 aromatic rings. The van der Waals surface area contributed by atoms with E-state index in [-0.39, 0.29) is 23.3 Å². The molecule has 0 radical (unpaired) electrons. The maximum Gasteiger partial charge on any atom is 0.226 e. The third-order valence-electron chi connectivity index (χ3n) is 8.82. The van der Waals surface area contributed by atoms with E-state index in [0.29, 0.717) is 0 Å². The van der Waals surface area contributed by atoms with Gasteiger partial charge >= 0.3 is 0 Å². The number of carbonyl (C=O) groups excluding carboxylic acids is 1.